The average molecular weight is 2120 g/mol. The van der Waals surface area contributed by atoms with Gasteiger partial charge in [0.15, 0.2) is 17.1 Å². The summed E-state index contributed by atoms with van der Waals surface area (Å²) in [6, 6.07) is 11.7. The van der Waals surface area contributed by atoms with Crippen molar-refractivity contribution in [2.24, 2.45) is 69.5 Å². The van der Waals surface area contributed by atoms with Crippen LogP contribution >= 0.6 is 0 Å². The maximum absolute atomic E-state index is 16.2. The van der Waals surface area contributed by atoms with Gasteiger partial charge < -0.3 is 71.7 Å². The van der Waals surface area contributed by atoms with Crippen molar-refractivity contribution in [3.63, 3.8) is 0 Å². The second kappa shape index (κ2) is 46.8. The molecule has 3 amide bonds. The van der Waals surface area contributed by atoms with Crippen molar-refractivity contribution in [3.05, 3.63) is 71.7 Å². The Morgan fingerprint density at radius 2 is 0.667 bits per heavy atom. The second-order valence-electron chi connectivity index (χ2n) is 43.5. The number of aromatic nitrogens is 6. The van der Waals surface area contributed by atoms with E-state index in [1.54, 1.807) is 54.6 Å². The minimum atomic E-state index is -3.36. The molecule has 12 aliphatic rings. The Labute approximate surface area is 875 Å². The number of methoxy groups -OCH3 is 3. The first-order valence-electron chi connectivity index (χ1n) is 51.8. The summed E-state index contributed by atoms with van der Waals surface area (Å²) in [6.45, 7) is 15.5. The molecule has 3 saturated heterocycles. The molecular formula is C108H138F6N9O18V3-3. The summed E-state index contributed by atoms with van der Waals surface area (Å²) in [6.07, 6.45) is 23.5. The van der Waals surface area contributed by atoms with Crippen molar-refractivity contribution in [2.75, 3.05) is 41.0 Å². The van der Waals surface area contributed by atoms with E-state index in [0.29, 0.717) is 104 Å². The van der Waals surface area contributed by atoms with Crippen LogP contribution in [0.3, 0.4) is 0 Å². The van der Waals surface area contributed by atoms with Crippen LogP contribution in [0.1, 0.15) is 310 Å². The molecule has 18 rings (SSSR count). The molecule has 6 aliphatic carbocycles. The predicted octanol–water partition coefficient (Wildman–Crippen LogP) is 20.1. The molecule has 0 N–H and O–H groups in total. The van der Waals surface area contributed by atoms with Gasteiger partial charge in [-0.2, -0.15) is 26.3 Å². The molecular weight excluding hydrogens is 1980 g/mol. The number of ether oxygens (including phenoxy) is 9. The fourth-order valence-corrected chi connectivity index (χ4v) is 25.7. The molecule has 18 atom stereocenters. The van der Waals surface area contributed by atoms with Gasteiger partial charge >= 0.3 is 17.9 Å². The van der Waals surface area contributed by atoms with Gasteiger partial charge in [-0.15, -0.1) is 0 Å². The average Bonchev–Trinajstić information content (AvgIpc) is 1.15. The van der Waals surface area contributed by atoms with Crippen molar-refractivity contribution < 1.29 is 168 Å². The normalized spacial score (nSPS) is 31.5. The van der Waals surface area contributed by atoms with Crippen LogP contribution < -0.4 is 28.4 Å². The number of fused-ring (bicyclic) bond motifs is 15. The van der Waals surface area contributed by atoms with Crippen LogP contribution in [0.2, 0.25) is 0 Å². The maximum Gasteiger partial charge on any atom is 0.307 e. The van der Waals surface area contributed by atoms with E-state index in [2.05, 4.69) is 62.6 Å². The molecule has 6 bridgehead atoms. The Balaban J connectivity index is 0.000000179. The Morgan fingerprint density at radius 1 is 0.354 bits per heavy atom. The fourth-order valence-electron chi connectivity index (χ4n) is 25.7. The summed E-state index contributed by atoms with van der Waals surface area (Å²) in [7, 11) is 4.52. The summed E-state index contributed by atoms with van der Waals surface area (Å²) in [5.41, 5.74) is -2.51. The van der Waals surface area contributed by atoms with E-state index >= 15 is 26.3 Å². The number of hydrogen-bond acceptors (Lipinski definition) is 24. The quantitative estimate of drug-likeness (QED) is 0.0475. The molecule has 783 valence electrons. The smallest absolute Gasteiger partial charge is 0.307 e. The minimum absolute atomic E-state index is 0. The second-order valence-corrected chi connectivity index (χ2v) is 43.5. The summed E-state index contributed by atoms with van der Waals surface area (Å²) in [5, 5.41) is 0. The van der Waals surface area contributed by atoms with Gasteiger partial charge in [0.05, 0.1) is 111 Å². The standard InChI is InChI=1S/C37H48F2N3O6.C36H46F2N3O6.C35H44F2N3O6.3V/c1-5-25-29(22-43)42-21-30(25)47-33-32(40-27-14-13-24(46-4)19-28(27)41-33)37(38,39)18-7-6-11-23-12-10-17-36(23,3)48-31(44)20-26(34(42)45)35(2)15-8-9-16-35;1-4-24-28(21-42)41-20-30(24)47-33-32(39-26-14-13-23(45-3)18-27(26)40-33)36(37,38)17-6-5-10-22-11-9-12-29(22)46-31(43)19-25(34(41)44)35(2)15-7-8-16-35;1-5-23-27(20-41)40-19-28(23)45-31-30(38-25-12-11-22(44-4)16-26(25)39-31)35(36,37)15-7-6-10-21-18-34(21,3)46-29(42)17-24(32(40)43)33(2)13-8-9-14-33;;;/h13-14,19,23,25-26,29-30H,5-12,15-18,20-21H2,1-4H3;13-14,18,22,24-25,28-30H,4-12,15-17,19-20H2,1-3H3;11-12,16,21,23-24,27-28H,5-10,13-15,17-19H2,1-4H3;;;/q3*-1;;;/t23-,25+,26-,29-,30+,36-;22-,24+,25-,28-,29-,30+;21-,23+,24-,27-,28+,34-;;;/m111.../s1. The van der Waals surface area contributed by atoms with Crippen LogP contribution in [0.4, 0.5) is 26.3 Å². The number of esters is 3. The number of carbonyl (C=O) groups is 6. The molecule has 3 aromatic heterocycles. The van der Waals surface area contributed by atoms with Gasteiger partial charge in [0.2, 0.25) is 35.4 Å². The molecule has 9 fully saturated rings. The number of rotatable bonds is 12. The third-order valence-corrected chi connectivity index (χ3v) is 34.4. The maximum atomic E-state index is 16.2. The summed E-state index contributed by atoms with van der Waals surface area (Å²) >= 11 is 0. The molecule has 3 radical (unpaired) electrons. The van der Waals surface area contributed by atoms with Crippen LogP contribution in [0.5, 0.6) is 34.9 Å². The molecule has 9 heterocycles. The van der Waals surface area contributed by atoms with Gasteiger partial charge in [0.25, 0.3) is 17.8 Å². The van der Waals surface area contributed by atoms with Gasteiger partial charge in [-0.25, -0.2) is 48.8 Å². The number of hydrogen-bond donors (Lipinski definition) is 0. The van der Waals surface area contributed by atoms with Crippen LogP contribution in [0.15, 0.2) is 54.6 Å². The predicted molar refractivity (Wildman–Crippen MR) is 509 cm³/mol. The Hall–Kier alpha value is -8.36. The van der Waals surface area contributed by atoms with E-state index in [0.717, 1.165) is 109 Å². The van der Waals surface area contributed by atoms with Crippen molar-refractivity contribution in [2.45, 2.75) is 364 Å². The number of carbonyl (C=O) groups excluding carboxylic acids is 9. The van der Waals surface area contributed by atoms with Crippen LogP contribution in [0, 0.1) is 69.5 Å². The van der Waals surface area contributed by atoms with Gasteiger partial charge in [0.1, 0.15) is 52.9 Å². The summed E-state index contributed by atoms with van der Waals surface area (Å²) < 4.78 is 150. The zero-order chi connectivity index (χ0) is 100. The largest absolute Gasteiger partial charge is 0.540 e. The third kappa shape index (κ3) is 23.9. The van der Waals surface area contributed by atoms with Crippen molar-refractivity contribution in [1.82, 2.24) is 44.6 Å². The number of benzene rings is 3. The monoisotopic (exact) mass is 2120 g/mol. The Bertz CT molecular complexity index is 5580. The van der Waals surface area contributed by atoms with E-state index in [-0.39, 0.29) is 190 Å². The van der Waals surface area contributed by atoms with Crippen molar-refractivity contribution in [1.29, 1.82) is 0 Å². The number of amides is 3. The first kappa shape index (κ1) is 113. The molecule has 6 aliphatic heterocycles. The molecule has 144 heavy (non-hydrogen) atoms. The topological polar surface area (TPSA) is 324 Å². The third-order valence-electron chi connectivity index (χ3n) is 34.4. The SMILES string of the molecule is CC[C@@H]1[C@@H]2CN(C(=O)[C@H](C3(C)CCCC3)CC(=O)O[C@@H]3CCC[C@H]3CCCCC(F)(F)c3nc4ccc(OC)cc4nc3O2)[C@@H]1[C-]=O.CC[C@@H]1[C@@H]2CN(C(=O)[C@H](C3(C)CCCC3)CC(=O)O[C@]3(C)CCC[C@H]3CCCCC(F)(F)c3nc4ccc(OC)cc4nc3O2)[C@@H]1[C-]=O.CC[C@@H]1[C@@H]2CN(C(=O)[C@H](C3(C)CCCC3)CC(=O)O[C@]3(C)C[C@H]3CCCCC(F)(F)c3nc4ccc(OC)cc4nc3O2)[C@@H]1[C-]=O.[V].[V].[V]. The Morgan fingerprint density at radius 3 is 1.01 bits per heavy atom. The minimum Gasteiger partial charge on any atom is -0.540 e. The van der Waals surface area contributed by atoms with E-state index in [1.165, 1.54) is 36.0 Å². The van der Waals surface area contributed by atoms with Crippen LogP contribution in [-0.4, -0.2) is 194 Å². The molecule has 6 aromatic rings. The first-order chi connectivity index (χ1) is 67.4. The summed E-state index contributed by atoms with van der Waals surface area (Å²) in [4.78, 5) is 153. The molecule has 3 aromatic carbocycles. The first-order valence-corrected chi connectivity index (χ1v) is 51.8. The molecule has 27 nitrogen and oxygen atoms in total. The van der Waals surface area contributed by atoms with E-state index in [4.69, 9.17) is 42.6 Å². The molecule has 0 spiro atoms. The van der Waals surface area contributed by atoms with Crippen LogP contribution in [-0.2, 0) is 131 Å². The molecule has 6 saturated carbocycles. The van der Waals surface area contributed by atoms with Crippen molar-refractivity contribution in [3.8, 4) is 34.9 Å². The number of halogens is 6. The zero-order valence-electron chi connectivity index (χ0n) is 84.7. The zero-order valence-corrected chi connectivity index (χ0v) is 88.9. The van der Waals surface area contributed by atoms with E-state index in [9.17, 15) is 43.2 Å². The van der Waals surface area contributed by atoms with E-state index in [1.807, 2.05) is 41.5 Å². The number of alkyl halides is 6. The fraction of sp³-hybridized carbons (Fsp3) is 0.694. The summed E-state index contributed by atoms with van der Waals surface area (Å²) in [5.74, 6) is -15.2. The van der Waals surface area contributed by atoms with Gasteiger partial charge in [0, 0.05) is 99.0 Å². The number of nitrogens with zero attached hydrogens (tertiary/aromatic N) is 9. The van der Waals surface area contributed by atoms with Gasteiger partial charge in [-0.3, -0.25) is 28.8 Å². The molecule has 0 unspecified atom stereocenters. The van der Waals surface area contributed by atoms with Gasteiger partial charge in [-0.05, 0) is 218 Å². The van der Waals surface area contributed by atoms with Crippen molar-refractivity contribution >= 4 is 87.6 Å². The van der Waals surface area contributed by atoms with Gasteiger partial charge in [-0.1, -0.05) is 137 Å². The van der Waals surface area contributed by atoms with Crippen LogP contribution in [0.25, 0.3) is 33.1 Å². The Kier molecular flexibility index (Phi) is 36.7. The molecule has 36 heteroatoms. The van der Waals surface area contributed by atoms with E-state index < -0.39 is 171 Å².